The zero-order chi connectivity index (χ0) is 10.8. The Morgan fingerprint density at radius 3 is 2.93 bits per heavy atom. The van der Waals surface area contributed by atoms with E-state index >= 15 is 0 Å². The number of ether oxygens (including phenoxy) is 1. The molecule has 2 aromatic rings. The van der Waals surface area contributed by atoms with E-state index in [1.165, 1.54) is 13.2 Å². The number of rotatable bonds is 1. The van der Waals surface area contributed by atoms with Gasteiger partial charge in [0.25, 0.3) is 0 Å². The lowest BCUT2D eigenvalue weighted by molar-refractivity contribution is 0.0598. The number of methoxy groups -OCH3 is 1. The average Bonchev–Trinajstić information content (AvgIpc) is 2.29. The summed E-state index contributed by atoms with van der Waals surface area (Å²) in [6.07, 6.45) is 1.62. The number of pyridine rings is 1. The molecular formula is C11H9NO3. The highest BCUT2D eigenvalue weighted by Crippen LogP contribution is 2.27. The van der Waals surface area contributed by atoms with Gasteiger partial charge in [-0.05, 0) is 24.3 Å². The minimum atomic E-state index is -0.557. The molecule has 4 heteroatoms. The Balaban J connectivity index is 2.70. The van der Waals surface area contributed by atoms with Gasteiger partial charge in [0, 0.05) is 11.6 Å². The second-order valence-corrected chi connectivity index (χ2v) is 3.02. The molecule has 0 saturated heterocycles. The Morgan fingerprint density at radius 1 is 1.40 bits per heavy atom. The molecule has 0 fully saturated rings. The van der Waals surface area contributed by atoms with Crippen molar-refractivity contribution in [3.8, 4) is 5.75 Å². The Bertz CT molecular complexity index is 522. The zero-order valence-corrected chi connectivity index (χ0v) is 8.10. The van der Waals surface area contributed by atoms with Crippen LogP contribution in [-0.4, -0.2) is 23.2 Å². The number of aromatic nitrogens is 1. The first kappa shape index (κ1) is 9.45. The molecule has 76 valence electrons. The highest BCUT2D eigenvalue weighted by molar-refractivity contribution is 5.99. The first-order valence-electron chi connectivity index (χ1n) is 4.39. The van der Waals surface area contributed by atoms with Gasteiger partial charge in [0.2, 0.25) is 0 Å². The summed E-state index contributed by atoms with van der Waals surface area (Å²) in [7, 11) is 1.27. The maximum absolute atomic E-state index is 11.3. The van der Waals surface area contributed by atoms with Crippen LogP contribution < -0.4 is 0 Å². The quantitative estimate of drug-likeness (QED) is 0.717. The number of aromatic hydroxyl groups is 1. The molecule has 0 saturated carbocycles. The summed E-state index contributed by atoms with van der Waals surface area (Å²) in [5.41, 5.74) is 0.792. The minimum Gasteiger partial charge on any atom is -0.506 e. The summed E-state index contributed by atoms with van der Waals surface area (Å²) in [6.45, 7) is 0. The molecule has 2 rings (SSSR count). The summed E-state index contributed by atoms with van der Waals surface area (Å²) >= 11 is 0. The van der Waals surface area contributed by atoms with Crippen molar-refractivity contribution in [3.05, 3.63) is 36.0 Å². The van der Waals surface area contributed by atoms with Crippen molar-refractivity contribution in [1.82, 2.24) is 4.98 Å². The van der Waals surface area contributed by atoms with E-state index in [9.17, 15) is 9.90 Å². The van der Waals surface area contributed by atoms with E-state index in [1.54, 1.807) is 24.4 Å². The highest BCUT2D eigenvalue weighted by Gasteiger charge is 2.13. The second-order valence-electron chi connectivity index (χ2n) is 3.02. The number of hydrogen-bond acceptors (Lipinski definition) is 4. The molecule has 1 N–H and O–H groups in total. The molecule has 15 heavy (non-hydrogen) atoms. The molecule has 0 bridgehead atoms. The van der Waals surface area contributed by atoms with Gasteiger partial charge in [-0.15, -0.1) is 0 Å². The van der Waals surface area contributed by atoms with Gasteiger partial charge in [0.1, 0.15) is 11.3 Å². The van der Waals surface area contributed by atoms with E-state index in [0.29, 0.717) is 10.9 Å². The van der Waals surface area contributed by atoms with Gasteiger partial charge in [-0.1, -0.05) is 0 Å². The zero-order valence-electron chi connectivity index (χ0n) is 8.10. The topological polar surface area (TPSA) is 59.4 Å². The van der Waals surface area contributed by atoms with Crippen molar-refractivity contribution in [2.45, 2.75) is 0 Å². The molecule has 0 aliphatic heterocycles. The number of phenolic OH excluding ortho intramolecular Hbond substituents is 1. The van der Waals surface area contributed by atoms with Crippen LogP contribution in [0.4, 0.5) is 0 Å². The standard InChI is InChI=1S/C11H9NO3/c1-15-11(14)8-4-5-9-7(10(8)13)3-2-6-12-9/h2-6,13H,1H3. The van der Waals surface area contributed by atoms with Crippen molar-refractivity contribution >= 4 is 16.9 Å². The molecular weight excluding hydrogens is 194 g/mol. The molecule has 0 aliphatic carbocycles. The molecule has 0 spiro atoms. The first-order chi connectivity index (χ1) is 7.24. The maximum atomic E-state index is 11.3. The van der Waals surface area contributed by atoms with E-state index in [-0.39, 0.29) is 11.3 Å². The maximum Gasteiger partial charge on any atom is 0.341 e. The van der Waals surface area contributed by atoms with Gasteiger partial charge in [0.05, 0.1) is 12.6 Å². The van der Waals surface area contributed by atoms with Crippen LogP contribution in [0.3, 0.4) is 0 Å². The third kappa shape index (κ3) is 1.50. The molecule has 1 aromatic carbocycles. The predicted octanol–water partition coefficient (Wildman–Crippen LogP) is 1.73. The number of benzene rings is 1. The van der Waals surface area contributed by atoms with Gasteiger partial charge in [-0.3, -0.25) is 4.98 Å². The summed E-state index contributed by atoms with van der Waals surface area (Å²) in [4.78, 5) is 15.3. The number of hydrogen-bond donors (Lipinski definition) is 1. The fraction of sp³-hybridized carbons (Fsp3) is 0.0909. The number of phenols is 1. The lowest BCUT2D eigenvalue weighted by Crippen LogP contribution is -2.01. The smallest absolute Gasteiger partial charge is 0.341 e. The number of fused-ring (bicyclic) bond motifs is 1. The lowest BCUT2D eigenvalue weighted by atomic mass is 10.1. The van der Waals surface area contributed by atoms with Crippen LogP contribution in [0.2, 0.25) is 0 Å². The molecule has 1 aromatic heterocycles. The van der Waals surface area contributed by atoms with Crippen LogP contribution in [0.15, 0.2) is 30.5 Å². The fourth-order valence-corrected chi connectivity index (χ4v) is 1.41. The van der Waals surface area contributed by atoms with E-state index in [2.05, 4.69) is 9.72 Å². The second kappa shape index (κ2) is 3.57. The number of nitrogens with zero attached hydrogens (tertiary/aromatic N) is 1. The molecule has 0 unspecified atom stereocenters. The van der Waals surface area contributed by atoms with Crippen molar-refractivity contribution < 1.29 is 14.6 Å². The third-order valence-electron chi connectivity index (χ3n) is 2.16. The van der Waals surface area contributed by atoms with Crippen molar-refractivity contribution in [3.63, 3.8) is 0 Å². The van der Waals surface area contributed by atoms with Gasteiger partial charge in [-0.25, -0.2) is 4.79 Å². The number of carbonyl (C=O) groups is 1. The molecule has 1 heterocycles. The average molecular weight is 203 g/mol. The van der Waals surface area contributed by atoms with Gasteiger partial charge in [-0.2, -0.15) is 0 Å². The van der Waals surface area contributed by atoms with Crippen LogP contribution in [0.1, 0.15) is 10.4 Å². The first-order valence-corrected chi connectivity index (χ1v) is 4.39. The summed E-state index contributed by atoms with van der Waals surface area (Å²) in [5.74, 6) is -0.647. The van der Waals surface area contributed by atoms with Crippen LogP contribution >= 0.6 is 0 Å². The van der Waals surface area contributed by atoms with Gasteiger partial charge in [0.15, 0.2) is 0 Å². The van der Waals surface area contributed by atoms with Crippen molar-refractivity contribution in [1.29, 1.82) is 0 Å². The molecule has 0 amide bonds. The SMILES string of the molecule is COC(=O)c1ccc2ncccc2c1O. The van der Waals surface area contributed by atoms with Crippen LogP contribution in [0.25, 0.3) is 10.9 Å². The normalized spacial score (nSPS) is 10.2. The Kier molecular flexibility index (Phi) is 2.25. The third-order valence-corrected chi connectivity index (χ3v) is 2.16. The molecule has 0 aliphatic rings. The summed E-state index contributed by atoms with van der Waals surface area (Å²) < 4.78 is 4.55. The fourth-order valence-electron chi connectivity index (χ4n) is 1.41. The Labute approximate surface area is 86.1 Å². The van der Waals surface area contributed by atoms with Gasteiger partial charge < -0.3 is 9.84 Å². The van der Waals surface area contributed by atoms with Gasteiger partial charge >= 0.3 is 5.97 Å². The van der Waals surface area contributed by atoms with Crippen LogP contribution in [0, 0.1) is 0 Å². The van der Waals surface area contributed by atoms with Crippen molar-refractivity contribution in [2.75, 3.05) is 7.11 Å². The van der Waals surface area contributed by atoms with Crippen molar-refractivity contribution in [2.24, 2.45) is 0 Å². The molecule has 0 atom stereocenters. The lowest BCUT2D eigenvalue weighted by Gasteiger charge is -2.05. The Morgan fingerprint density at radius 2 is 2.20 bits per heavy atom. The molecule has 4 nitrogen and oxygen atoms in total. The minimum absolute atomic E-state index is 0.0903. The molecule has 0 radical (unpaired) electrons. The van der Waals surface area contributed by atoms with E-state index in [4.69, 9.17) is 0 Å². The monoisotopic (exact) mass is 203 g/mol. The highest BCUT2D eigenvalue weighted by atomic mass is 16.5. The summed E-state index contributed by atoms with van der Waals surface area (Å²) in [6, 6.07) is 6.56. The van der Waals surface area contributed by atoms with E-state index < -0.39 is 5.97 Å². The predicted molar refractivity (Wildman–Crippen MR) is 54.7 cm³/mol. The number of carbonyl (C=O) groups excluding carboxylic acids is 1. The van der Waals surface area contributed by atoms with Crippen LogP contribution in [0.5, 0.6) is 5.75 Å². The van der Waals surface area contributed by atoms with Crippen LogP contribution in [-0.2, 0) is 4.74 Å². The summed E-state index contributed by atoms with van der Waals surface area (Å²) in [5, 5.41) is 10.4. The van der Waals surface area contributed by atoms with E-state index in [0.717, 1.165) is 0 Å². The Hall–Kier alpha value is -2.10. The largest absolute Gasteiger partial charge is 0.506 e. The number of esters is 1. The van der Waals surface area contributed by atoms with E-state index in [1.807, 2.05) is 0 Å².